The highest BCUT2D eigenvalue weighted by molar-refractivity contribution is 5.54. The lowest BCUT2D eigenvalue weighted by molar-refractivity contribution is 0.169. The molecule has 0 spiro atoms. The lowest BCUT2D eigenvalue weighted by atomic mass is 9.96. The van der Waals surface area contributed by atoms with E-state index in [0.29, 0.717) is 13.0 Å². The van der Waals surface area contributed by atoms with E-state index in [2.05, 4.69) is 0 Å². The van der Waals surface area contributed by atoms with Crippen molar-refractivity contribution in [3.63, 3.8) is 0 Å². The fourth-order valence-corrected chi connectivity index (χ4v) is 2.69. The lowest BCUT2D eigenvalue weighted by Gasteiger charge is -2.15. The molecule has 4 heteroatoms. The Morgan fingerprint density at radius 3 is 2.35 bits per heavy atom. The summed E-state index contributed by atoms with van der Waals surface area (Å²) in [6, 6.07) is 3.73. The van der Waals surface area contributed by atoms with Crippen molar-refractivity contribution in [2.24, 2.45) is 5.73 Å². The monoisotopic (exact) mass is 237 g/mol. The van der Waals surface area contributed by atoms with E-state index < -0.39 is 6.10 Å². The van der Waals surface area contributed by atoms with Crippen molar-refractivity contribution in [1.82, 2.24) is 0 Å². The number of methoxy groups -OCH3 is 2. The largest absolute Gasteiger partial charge is 0.496 e. The Morgan fingerprint density at radius 1 is 1.24 bits per heavy atom. The SMILES string of the molecule is COc1ccc(OC)c2c1C(O)CC2CCN. The number of nitrogens with two attached hydrogens (primary N) is 1. The Balaban J connectivity index is 2.52. The second kappa shape index (κ2) is 4.94. The molecule has 0 radical (unpaired) electrons. The van der Waals surface area contributed by atoms with E-state index in [-0.39, 0.29) is 5.92 Å². The minimum absolute atomic E-state index is 0.259. The van der Waals surface area contributed by atoms with Crippen LogP contribution in [0.2, 0.25) is 0 Å². The molecule has 0 saturated carbocycles. The first-order chi connectivity index (χ1) is 8.22. The maximum absolute atomic E-state index is 10.1. The fraction of sp³-hybridized carbons (Fsp3) is 0.538. The van der Waals surface area contributed by atoms with Crippen LogP contribution >= 0.6 is 0 Å². The minimum Gasteiger partial charge on any atom is -0.496 e. The van der Waals surface area contributed by atoms with Crippen LogP contribution in [0.25, 0.3) is 0 Å². The number of hydrogen-bond acceptors (Lipinski definition) is 4. The van der Waals surface area contributed by atoms with Crippen molar-refractivity contribution < 1.29 is 14.6 Å². The molecule has 2 rings (SSSR count). The molecule has 1 aliphatic rings. The first-order valence-corrected chi connectivity index (χ1v) is 5.85. The number of ether oxygens (including phenoxy) is 2. The Bertz CT molecular complexity index is 406. The molecule has 17 heavy (non-hydrogen) atoms. The smallest absolute Gasteiger partial charge is 0.125 e. The van der Waals surface area contributed by atoms with Crippen LogP contribution < -0.4 is 15.2 Å². The highest BCUT2D eigenvalue weighted by atomic mass is 16.5. The van der Waals surface area contributed by atoms with E-state index in [1.807, 2.05) is 12.1 Å². The number of aliphatic hydroxyl groups excluding tert-OH is 1. The Hall–Kier alpha value is -1.26. The van der Waals surface area contributed by atoms with E-state index >= 15 is 0 Å². The summed E-state index contributed by atoms with van der Waals surface area (Å²) < 4.78 is 10.7. The van der Waals surface area contributed by atoms with Crippen molar-refractivity contribution >= 4 is 0 Å². The molecule has 0 bridgehead atoms. The highest BCUT2D eigenvalue weighted by Crippen LogP contribution is 2.50. The molecule has 2 atom stereocenters. The molecule has 0 saturated heterocycles. The molecule has 1 aromatic rings. The number of aliphatic hydroxyl groups is 1. The highest BCUT2D eigenvalue weighted by Gasteiger charge is 2.34. The van der Waals surface area contributed by atoms with Crippen LogP contribution in [-0.4, -0.2) is 25.9 Å². The van der Waals surface area contributed by atoms with Crippen molar-refractivity contribution in [3.05, 3.63) is 23.3 Å². The standard InChI is InChI=1S/C13H19NO3/c1-16-10-3-4-11(17-2)13-9(15)7-8(5-6-14)12(10)13/h3-4,8-9,15H,5-7,14H2,1-2H3. The molecule has 94 valence electrons. The Morgan fingerprint density at radius 2 is 1.82 bits per heavy atom. The average molecular weight is 237 g/mol. The number of rotatable bonds is 4. The molecule has 0 aliphatic heterocycles. The summed E-state index contributed by atoms with van der Waals surface area (Å²) in [7, 11) is 3.26. The van der Waals surface area contributed by atoms with E-state index in [4.69, 9.17) is 15.2 Å². The van der Waals surface area contributed by atoms with Gasteiger partial charge in [0.1, 0.15) is 11.5 Å². The molecule has 0 fully saturated rings. The zero-order chi connectivity index (χ0) is 12.4. The van der Waals surface area contributed by atoms with Crippen LogP contribution in [0.15, 0.2) is 12.1 Å². The summed E-state index contributed by atoms with van der Waals surface area (Å²) in [4.78, 5) is 0. The Labute approximate surface area is 101 Å². The van der Waals surface area contributed by atoms with E-state index in [1.54, 1.807) is 14.2 Å². The van der Waals surface area contributed by atoms with E-state index in [9.17, 15) is 5.11 Å². The third-order valence-corrected chi connectivity index (χ3v) is 3.41. The van der Waals surface area contributed by atoms with Crippen molar-refractivity contribution in [3.8, 4) is 11.5 Å². The maximum atomic E-state index is 10.1. The van der Waals surface area contributed by atoms with Crippen LogP contribution in [0, 0.1) is 0 Å². The van der Waals surface area contributed by atoms with Gasteiger partial charge in [0.15, 0.2) is 0 Å². The van der Waals surface area contributed by atoms with Gasteiger partial charge in [0.25, 0.3) is 0 Å². The maximum Gasteiger partial charge on any atom is 0.125 e. The van der Waals surface area contributed by atoms with Crippen molar-refractivity contribution in [2.45, 2.75) is 24.9 Å². The first-order valence-electron chi connectivity index (χ1n) is 5.85. The third kappa shape index (κ3) is 1.98. The molecule has 1 aliphatic carbocycles. The number of fused-ring (bicyclic) bond motifs is 1. The van der Waals surface area contributed by atoms with Crippen molar-refractivity contribution in [1.29, 1.82) is 0 Å². The van der Waals surface area contributed by atoms with Gasteiger partial charge in [-0.25, -0.2) is 0 Å². The zero-order valence-corrected chi connectivity index (χ0v) is 10.3. The van der Waals surface area contributed by atoms with Gasteiger partial charge >= 0.3 is 0 Å². The molecule has 3 N–H and O–H groups in total. The molecule has 0 amide bonds. The number of benzene rings is 1. The lowest BCUT2D eigenvalue weighted by Crippen LogP contribution is -2.06. The second-order valence-corrected chi connectivity index (χ2v) is 4.32. The number of hydrogen-bond donors (Lipinski definition) is 2. The molecular formula is C13H19NO3. The van der Waals surface area contributed by atoms with Gasteiger partial charge in [-0.2, -0.15) is 0 Å². The van der Waals surface area contributed by atoms with Crippen molar-refractivity contribution in [2.75, 3.05) is 20.8 Å². The summed E-state index contributed by atoms with van der Waals surface area (Å²) in [6.07, 6.45) is 1.07. The average Bonchev–Trinajstić information content (AvgIpc) is 2.67. The van der Waals surface area contributed by atoms with Crippen LogP contribution in [0.5, 0.6) is 11.5 Å². The quantitative estimate of drug-likeness (QED) is 0.834. The molecule has 2 unspecified atom stereocenters. The third-order valence-electron chi connectivity index (χ3n) is 3.41. The van der Waals surface area contributed by atoms with E-state index in [1.165, 1.54) is 0 Å². The van der Waals surface area contributed by atoms with Gasteiger partial charge in [0, 0.05) is 11.1 Å². The van der Waals surface area contributed by atoms with Crippen LogP contribution in [-0.2, 0) is 0 Å². The van der Waals surface area contributed by atoms with Gasteiger partial charge in [0.05, 0.1) is 20.3 Å². The first kappa shape index (κ1) is 12.2. The predicted molar refractivity (Wildman–Crippen MR) is 65.5 cm³/mol. The minimum atomic E-state index is -0.480. The van der Waals surface area contributed by atoms with E-state index in [0.717, 1.165) is 29.0 Å². The van der Waals surface area contributed by atoms with Gasteiger partial charge in [0.2, 0.25) is 0 Å². The molecule has 0 aromatic heterocycles. The van der Waals surface area contributed by atoms with Gasteiger partial charge in [-0.3, -0.25) is 0 Å². The summed E-state index contributed by atoms with van der Waals surface area (Å²) in [6.45, 7) is 0.608. The zero-order valence-electron chi connectivity index (χ0n) is 10.3. The molecule has 1 aromatic carbocycles. The molecular weight excluding hydrogens is 218 g/mol. The normalized spacial score (nSPS) is 22.4. The summed E-state index contributed by atoms with van der Waals surface area (Å²) in [5.74, 6) is 1.80. The van der Waals surface area contributed by atoms with Crippen LogP contribution in [0.3, 0.4) is 0 Å². The summed E-state index contributed by atoms with van der Waals surface area (Å²) in [5, 5.41) is 10.1. The van der Waals surface area contributed by atoms with Gasteiger partial charge < -0.3 is 20.3 Å². The summed E-state index contributed by atoms with van der Waals surface area (Å²) >= 11 is 0. The Kier molecular flexibility index (Phi) is 3.54. The van der Waals surface area contributed by atoms with Crippen LogP contribution in [0.4, 0.5) is 0 Å². The topological polar surface area (TPSA) is 64.7 Å². The fourth-order valence-electron chi connectivity index (χ4n) is 2.69. The van der Waals surface area contributed by atoms with Gasteiger partial charge in [-0.05, 0) is 37.4 Å². The van der Waals surface area contributed by atoms with Crippen LogP contribution in [0.1, 0.15) is 36.0 Å². The van der Waals surface area contributed by atoms with Gasteiger partial charge in [-0.1, -0.05) is 0 Å². The molecule has 4 nitrogen and oxygen atoms in total. The van der Waals surface area contributed by atoms with Gasteiger partial charge in [-0.15, -0.1) is 0 Å². The molecule has 0 heterocycles. The summed E-state index contributed by atoms with van der Waals surface area (Å²) in [5.41, 5.74) is 7.55. The second-order valence-electron chi connectivity index (χ2n) is 4.32. The predicted octanol–water partition coefficient (Wildman–Crippen LogP) is 1.57.